The molecule has 0 bridgehead atoms. The van der Waals surface area contributed by atoms with Crippen molar-refractivity contribution < 1.29 is 27.1 Å². The van der Waals surface area contributed by atoms with Crippen molar-refractivity contribution in [3.05, 3.63) is 88.8 Å². The summed E-state index contributed by atoms with van der Waals surface area (Å²) in [5.41, 5.74) is 4.48. The number of sulfonamides is 1. The summed E-state index contributed by atoms with van der Waals surface area (Å²) in [7, 11) is -4.20. The van der Waals surface area contributed by atoms with Crippen molar-refractivity contribution in [1.82, 2.24) is 9.55 Å². The van der Waals surface area contributed by atoms with Crippen molar-refractivity contribution in [2.24, 2.45) is 17.0 Å². The van der Waals surface area contributed by atoms with Gasteiger partial charge in [0, 0.05) is 35.5 Å². The number of hydrogen-bond acceptors (Lipinski definition) is 5. The number of carboxylic acids is 1. The predicted molar refractivity (Wildman–Crippen MR) is 149 cm³/mol. The Morgan fingerprint density at radius 1 is 1.17 bits per heavy atom. The molecule has 3 N–H and O–H groups in total. The number of aromatic nitrogens is 2. The zero-order valence-corrected chi connectivity index (χ0v) is 23.0. The number of nitrogens with zero attached hydrogens (tertiary/aromatic N) is 2. The second kappa shape index (κ2) is 10.7. The first kappa shape index (κ1) is 27.0. The van der Waals surface area contributed by atoms with Gasteiger partial charge in [0.2, 0.25) is 15.9 Å². The highest BCUT2D eigenvalue weighted by atomic mass is 32.2. The van der Waals surface area contributed by atoms with Crippen LogP contribution in [0.4, 0.5) is 4.39 Å². The topological polar surface area (TPSA) is 128 Å². The highest BCUT2D eigenvalue weighted by Gasteiger charge is 2.29. The van der Waals surface area contributed by atoms with Crippen LogP contribution in [-0.2, 0) is 22.9 Å². The molecule has 41 heavy (non-hydrogen) atoms. The molecule has 2 saturated carbocycles. The zero-order chi connectivity index (χ0) is 28.7. The van der Waals surface area contributed by atoms with Gasteiger partial charge in [-0.1, -0.05) is 30.4 Å². The molecule has 8 nitrogen and oxygen atoms in total. The monoisotopic (exact) mass is 573 g/mol. The van der Waals surface area contributed by atoms with Crippen LogP contribution < -0.4 is 5.14 Å². The third kappa shape index (κ3) is 5.82. The maximum absolute atomic E-state index is 14.8. The molecule has 2 aromatic carbocycles. The third-order valence-corrected chi connectivity index (χ3v) is 8.63. The molecule has 2 fully saturated rings. The van der Waals surface area contributed by atoms with Crippen LogP contribution in [0.5, 0.6) is 0 Å². The highest BCUT2D eigenvalue weighted by Crippen LogP contribution is 2.40. The summed E-state index contributed by atoms with van der Waals surface area (Å²) in [5.74, 6) is 5.60. The van der Waals surface area contributed by atoms with Gasteiger partial charge in [-0.2, -0.15) is 0 Å². The average molecular weight is 574 g/mol. The summed E-state index contributed by atoms with van der Waals surface area (Å²) in [6.45, 7) is 0. The van der Waals surface area contributed by atoms with Gasteiger partial charge in [0.15, 0.2) is 5.69 Å². The van der Waals surface area contributed by atoms with Gasteiger partial charge in [-0.3, -0.25) is 0 Å². The number of carboxylic acid groups (broad SMARTS) is 1. The summed E-state index contributed by atoms with van der Waals surface area (Å²) < 4.78 is 46.0. The van der Waals surface area contributed by atoms with Gasteiger partial charge in [0.1, 0.15) is 17.0 Å². The number of benzene rings is 2. The highest BCUT2D eigenvalue weighted by molar-refractivity contribution is 7.89. The Morgan fingerprint density at radius 2 is 1.98 bits per heavy atom. The molecule has 0 radical (unpaired) electrons. The van der Waals surface area contributed by atoms with Crippen molar-refractivity contribution in [3.63, 3.8) is 0 Å². The molecule has 2 aliphatic rings. The van der Waals surface area contributed by atoms with Gasteiger partial charge in [-0.15, -0.1) is 0 Å². The number of aromatic carboxylic acids is 1. The molecule has 2 heterocycles. The minimum atomic E-state index is -4.20. The van der Waals surface area contributed by atoms with Gasteiger partial charge < -0.3 is 14.1 Å². The van der Waals surface area contributed by atoms with Gasteiger partial charge in [-0.25, -0.2) is 27.7 Å². The molecule has 0 unspecified atom stereocenters. The molecular formula is C31H28FN3O5S. The number of hydrogen-bond donors (Lipinski definition) is 2. The standard InChI is InChI=1S/C31H28FN3O5S/c32-26-15-22(11-12-29(26)41(33,38)39)16-28-24(14-21-9-10-21)25(30-34-27(18-40-30)31(36)37)17-35(28)23-6-2-5-20(13-23)8-7-19-3-1-4-19/h2,5-6,11-13,15,17-19,21H,1,3-4,9-10,14,16H2,(H,36,37)(H2,33,38,39). The first-order valence-electron chi connectivity index (χ1n) is 13.5. The first-order chi connectivity index (χ1) is 19.7. The molecule has 0 amide bonds. The SMILES string of the molecule is NS(=O)(=O)c1ccc(Cc2c(CC3CC3)c(-c3nc(C(=O)O)co3)cn2-c2cccc(C#CC3CCC3)c2)cc1F. The van der Waals surface area contributed by atoms with E-state index in [4.69, 9.17) is 9.56 Å². The quantitative estimate of drug-likeness (QED) is 0.275. The van der Waals surface area contributed by atoms with Crippen LogP contribution >= 0.6 is 0 Å². The van der Waals surface area contributed by atoms with Gasteiger partial charge >= 0.3 is 5.97 Å². The molecule has 0 atom stereocenters. The largest absolute Gasteiger partial charge is 0.476 e. The lowest BCUT2D eigenvalue weighted by Crippen LogP contribution is -2.14. The second-order valence-electron chi connectivity index (χ2n) is 10.8. The normalized spacial score (nSPS) is 15.3. The Bertz CT molecular complexity index is 1820. The molecular weight excluding hydrogens is 545 g/mol. The Kier molecular flexibility index (Phi) is 7.01. The molecule has 0 spiro atoms. The smallest absolute Gasteiger partial charge is 0.357 e. The van der Waals surface area contributed by atoms with Crippen LogP contribution in [0.3, 0.4) is 0 Å². The van der Waals surface area contributed by atoms with E-state index in [1.165, 1.54) is 18.6 Å². The maximum atomic E-state index is 14.8. The van der Waals surface area contributed by atoms with Crippen LogP contribution in [0, 0.1) is 29.5 Å². The van der Waals surface area contributed by atoms with Crippen LogP contribution in [0.25, 0.3) is 17.1 Å². The number of primary sulfonamides is 1. The van der Waals surface area contributed by atoms with E-state index in [0.29, 0.717) is 29.4 Å². The lowest BCUT2D eigenvalue weighted by atomic mass is 9.86. The number of halogens is 1. The first-order valence-corrected chi connectivity index (χ1v) is 15.1. The number of rotatable bonds is 8. The number of carbonyl (C=O) groups is 1. The Morgan fingerprint density at radius 3 is 2.61 bits per heavy atom. The van der Waals surface area contributed by atoms with Gasteiger partial charge in [0.25, 0.3) is 0 Å². The zero-order valence-electron chi connectivity index (χ0n) is 22.1. The van der Waals surface area contributed by atoms with Gasteiger partial charge in [-0.05, 0) is 79.5 Å². The van der Waals surface area contributed by atoms with E-state index in [2.05, 4.69) is 16.8 Å². The van der Waals surface area contributed by atoms with Gasteiger partial charge in [0.05, 0.1) is 5.56 Å². The molecule has 2 aromatic heterocycles. The third-order valence-electron chi connectivity index (χ3n) is 7.69. The summed E-state index contributed by atoms with van der Waals surface area (Å²) in [5, 5.41) is 14.6. The van der Waals surface area contributed by atoms with Crippen molar-refractivity contribution in [3.8, 4) is 29.0 Å². The van der Waals surface area contributed by atoms with E-state index >= 15 is 0 Å². The maximum Gasteiger partial charge on any atom is 0.357 e. The summed E-state index contributed by atoms with van der Waals surface area (Å²) in [4.78, 5) is 15.2. The minimum absolute atomic E-state index is 0.190. The van der Waals surface area contributed by atoms with Crippen molar-refractivity contribution in [2.75, 3.05) is 0 Å². The second-order valence-corrected chi connectivity index (χ2v) is 12.3. The van der Waals surface area contributed by atoms with Crippen molar-refractivity contribution in [1.29, 1.82) is 0 Å². The Labute approximate surface area is 237 Å². The minimum Gasteiger partial charge on any atom is -0.476 e. The fourth-order valence-electron chi connectivity index (χ4n) is 5.08. The Balaban J connectivity index is 1.48. The molecule has 2 aliphatic carbocycles. The van der Waals surface area contributed by atoms with E-state index in [1.807, 2.05) is 35.0 Å². The van der Waals surface area contributed by atoms with E-state index in [9.17, 15) is 22.7 Å². The van der Waals surface area contributed by atoms with Crippen LogP contribution in [0.2, 0.25) is 0 Å². The molecule has 0 saturated heterocycles. The summed E-state index contributed by atoms with van der Waals surface area (Å²) in [6, 6.07) is 11.7. The van der Waals surface area contributed by atoms with Crippen molar-refractivity contribution >= 4 is 16.0 Å². The molecule has 10 heteroatoms. The molecule has 0 aliphatic heterocycles. The van der Waals surface area contributed by atoms with E-state index in [1.54, 1.807) is 6.07 Å². The molecule has 4 aromatic rings. The predicted octanol–water partition coefficient (Wildman–Crippen LogP) is 5.31. The van der Waals surface area contributed by atoms with E-state index in [0.717, 1.165) is 54.5 Å². The molecule has 210 valence electrons. The summed E-state index contributed by atoms with van der Waals surface area (Å²) in [6.07, 6.45) is 9.57. The Hall–Kier alpha value is -4.20. The van der Waals surface area contributed by atoms with E-state index < -0.39 is 26.7 Å². The van der Waals surface area contributed by atoms with Crippen LogP contribution in [0.15, 0.2) is 64.2 Å². The summed E-state index contributed by atoms with van der Waals surface area (Å²) >= 11 is 0. The fraction of sp³-hybridized carbons (Fsp3) is 0.290. The van der Waals surface area contributed by atoms with Crippen LogP contribution in [0.1, 0.15) is 65.0 Å². The lowest BCUT2D eigenvalue weighted by molar-refractivity contribution is 0.0690. The number of nitrogens with two attached hydrogens (primary N) is 1. The van der Waals surface area contributed by atoms with E-state index in [-0.39, 0.29) is 18.0 Å². The number of oxazole rings is 1. The fourth-order valence-corrected chi connectivity index (χ4v) is 5.66. The van der Waals surface area contributed by atoms with Crippen molar-refractivity contribution in [2.45, 2.75) is 49.8 Å². The average Bonchev–Trinajstić information content (AvgIpc) is 3.45. The molecule has 6 rings (SSSR count). The lowest BCUT2D eigenvalue weighted by Gasteiger charge is -2.18. The van der Waals surface area contributed by atoms with Crippen LogP contribution in [-0.4, -0.2) is 29.0 Å².